The van der Waals surface area contributed by atoms with Gasteiger partial charge in [0, 0.05) is 25.4 Å². The number of amides is 1. The molecule has 1 heterocycles. The van der Waals surface area contributed by atoms with Crippen molar-refractivity contribution in [3.63, 3.8) is 0 Å². The number of sulfonamides is 1. The number of hydrogen-bond acceptors (Lipinski definition) is 7. The summed E-state index contributed by atoms with van der Waals surface area (Å²) in [7, 11) is -6.86. The van der Waals surface area contributed by atoms with Crippen LogP contribution in [-0.2, 0) is 24.7 Å². The standard InChI is InChI=1S/C21H23N3O5S3/c1-4-24(5-2)32(28,29)16-9-6-15(7-10-16)8-13-20(25)23-21-22-18-12-11-17(31(3,26)27)14-19(18)30-21/h6-14H,4-5H2,1-3H3,(H,22,23,25)/b13-8+. The molecule has 0 radical (unpaired) electrons. The molecule has 3 rings (SSSR count). The maximum Gasteiger partial charge on any atom is 0.250 e. The van der Waals surface area contributed by atoms with Crippen molar-refractivity contribution >= 4 is 58.5 Å². The van der Waals surface area contributed by atoms with E-state index in [9.17, 15) is 21.6 Å². The Morgan fingerprint density at radius 2 is 1.66 bits per heavy atom. The second-order valence-corrected chi connectivity index (χ2v) is 11.9. The molecule has 2 aromatic carbocycles. The molecule has 3 aromatic rings. The van der Waals surface area contributed by atoms with Crippen LogP contribution in [-0.4, -0.2) is 51.4 Å². The molecule has 8 nitrogen and oxygen atoms in total. The van der Waals surface area contributed by atoms with Crippen LogP contribution in [0.25, 0.3) is 16.3 Å². The van der Waals surface area contributed by atoms with Gasteiger partial charge in [0.25, 0.3) is 0 Å². The summed E-state index contributed by atoms with van der Waals surface area (Å²) in [5.41, 5.74) is 1.26. The minimum Gasteiger partial charge on any atom is -0.298 e. The summed E-state index contributed by atoms with van der Waals surface area (Å²) in [6, 6.07) is 10.9. The molecule has 0 saturated carbocycles. The molecule has 0 aliphatic carbocycles. The number of benzene rings is 2. The number of nitrogens with one attached hydrogen (secondary N) is 1. The molecule has 0 spiro atoms. The fourth-order valence-electron chi connectivity index (χ4n) is 2.97. The molecule has 0 saturated heterocycles. The van der Waals surface area contributed by atoms with E-state index in [4.69, 9.17) is 0 Å². The van der Waals surface area contributed by atoms with E-state index in [2.05, 4.69) is 10.3 Å². The van der Waals surface area contributed by atoms with Gasteiger partial charge in [-0.15, -0.1) is 0 Å². The molecule has 0 unspecified atom stereocenters. The van der Waals surface area contributed by atoms with Crippen LogP contribution >= 0.6 is 11.3 Å². The fraction of sp³-hybridized carbons (Fsp3) is 0.238. The third-order valence-electron chi connectivity index (χ3n) is 4.67. The molecule has 0 aliphatic rings. The van der Waals surface area contributed by atoms with Crippen molar-refractivity contribution < 1.29 is 21.6 Å². The van der Waals surface area contributed by atoms with Crippen molar-refractivity contribution in [3.05, 3.63) is 54.1 Å². The van der Waals surface area contributed by atoms with Crippen LogP contribution in [0.3, 0.4) is 0 Å². The van der Waals surface area contributed by atoms with Crippen molar-refractivity contribution in [2.45, 2.75) is 23.6 Å². The van der Waals surface area contributed by atoms with Crippen LogP contribution in [0.2, 0.25) is 0 Å². The Morgan fingerprint density at radius 1 is 1.03 bits per heavy atom. The van der Waals surface area contributed by atoms with Crippen molar-refractivity contribution in [1.29, 1.82) is 0 Å². The number of hydrogen-bond donors (Lipinski definition) is 1. The van der Waals surface area contributed by atoms with Gasteiger partial charge >= 0.3 is 0 Å². The van der Waals surface area contributed by atoms with Gasteiger partial charge in [-0.1, -0.05) is 37.3 Å². The van der Waals surface area contributed by atoms with Crippen molar-refractivity contribution in [3.8, 4) is 0 Å². The molecule has 1 amide bonds. The number of nitrogens with zero attached hydrogens (tertiary/aromatic N) is 2. The first kappa shape index (κ1) is 24.1. The molecule has 32 heavy (non-hydrogen) atoms. The monoisotopic (exact) mass is 493 g/mol. The zero-order chi connectivity index (χ0) is 23.5. The van der Waals surface area contributed by atoms with E-state index in [1.165, 1.54) is 46.0 Å². The molecule has 0 atom stereocenters. The molecule has 170 valence electrons. The maximum absolute atomic E-state index is 12.5. The molecule has 0 bridgehead atoms. The number of aromatic nitrogens is 1. The Morgan fingerprint density at radius 3 is 2.25 bits per heavy atom. The van der Waals surface area contributed by atoms with Crippen molar-refractivity contribution in [1.82, 2.24) is 9.29 Å². The Balaban J connectivity index is 1.70. The van der Waals surface area contributed by atoms with Gasteiger partial charge in [-0.2, -0.15) is 4.31 Å². The topological polar surface area (TPSA) is 114 Å². The van der Waals surface area contributed by atoms with E-state index in [-0.39, 0.29) is 9.79 Å². The van der Waals surface area contributed by atoms with Gasteiger partial charge in [0.05, 0.1) is 20.0 Å². The van der Waals surface area contributed by atoms with Crippen LogP contribution in [0.5, 0.6) is 0 Å². The first-order valence-electron chi connectivity index (χ1n) is 9.74. The predicted octanol–water partition coefficient (Wildman–Crippen LogP) is 3.38. The first-order valence-corrected chi connectivity index (χ1v) is 13.9. The number of anilines is 1. The highest BCUT2D eigenvalue weighted by Crippen LogP contribution is 2.28. The van der Waals surface area contributed by atoms with Gasteiger partial charge in [0.1, 0.15) is 0 Å². The summed E-state index contributed by atoms with van der Waals surface area (Å²) >= 11 is 1.18. The van der Waals surface area contributed by atoms with Gasteiger partial charge in [-0.25, -0.2) is 21.8 Å². The van der Waals surface area contributed by atoms with Crippen LogP contribution in [0, 0.1) is 0 Å². The Hall–Kier alpha value is -2.60. The van der Waals surface area contributed by atoms with Gasteiger partial charge in [0.2, 0.25) is 15.9 Å². The predicted molar refractivity (Wildman–Crippen MR) is 127 cm³/mol. The molecule has 0 aliphatic heterocycles. The van der Waals surface area contributed by atoms with Gasteiger partial charge in [-0.3, -0.25) is 10.1 Å². The quantitative estimate of drug-likeness (QED) is 0.481. The molecule has 1 aromatic heterocycles. The van der Waals surface area contributed by atoms with E-state index >= 15 is 0 Å². The van der Waals surface area contributed by atoms with Crippen LogP contribution in [0.4, 0.5) is 5.13 Å². The van der Waals surface area contributed by atoms with Gasteiger partial charge in [0.15, 0.2) is 15.0 Å². The number of rotatable bonds is 8. The molecular formula is C21H23N3O5S3. The van der Waals surface area contributed by atoms with Crippen LogP contribution < -0.4 is 5.32 Å². The second kappa shape index (κ2) is 9.49. The lowest BCUT2D eigenvalue weighted by Crippen LogP contribution is -2.30. The lowest BCUT2D eigenvalue weighted by Gasteiger charge is -2.18. The number of fused-ring (bicyclic) bond motifs is 1. The van der Waals surface area contributed by atoms with E-state index < -0.39 is 25.8 Å². The van der Waals surface area contributed by atoms with Gasteiger partial charge < -0.3 is 0 Å². The molecule has 1 N–H and O–H groups in total. The number of thiazole rings is 1. The van der Waals surface area contributed by atoms with Crippen molar-refractivity contribution in [2.24, 2.45) is 0 Å². The number of carbonyl (C=O) groups is 1. The molecular weight excluding hydrogens is 470 g/mol. The zero-order valence-corrected chi connectivity index (χ0v) is 20.2. The Labute approximate surface area is 191 Å². The van der Waals surface area contributed by atoms with E-state index in [0.717, 1.165) is 6.26 Å². The lowest BCUT2D eigenvalue weighted by molar-refractivity contribution is -0.111. The minimum absolute atomic E-state index is 0.192. The fourth-order valence-corrected chi connectivity index (χ4v) is 6.06. The minimum atomic E-state index is -3.53. The third-order valence-corrected chi connectivity index (χ3v) is 8.78. The molecule has 11 heteroatoms. The first-order chi connectivity index (χ1) is 15.0. The van der Waals surface area contributed by atoms with E-state index in [1.807, 2.05) is 0 Å². The maximum atomic E-state index is 12.5. The van der Waals surface area contributed by atoms with E-state index in [1.54, 1.807) is 38.1 Å². The lowest BCUT2D eigenvalue weighted by atomic mass is 10.2. The highest BCUT2D eigenvalue weighted by atomic mass is 32.2. The van der Waals surface area contributed by atoms with Crippen molar-refractivity contribution in [2.75, 3.05) is 24.7 Å². The molecule has 0 fully saturated rings. The highest BCUT2D eigenvalue weighted by Gasteiger charge is 2.21. The van der Waals surface area contributed by atoms with E-state index in [0.29, 0.717) is 34.0 Å². The van der Waals surface area contributed by atoms with Crippen LogP contribution in [0.1, 0.15) is 19.4 Å². The SMILES string of the molecule is CCN(CC)S(=O)(=O)c1ccc(/C=C/C(=O)Nc2nc3ccc(S(C)(=O)=O)cc3s2)cc1. The summed E-state index contributed by atoms with van der Waals surface area (Å²) in [5.74, 6) is -0.410. The van der Waals surface area contributed by atoms with Gasteiger partial charge in [-0.05, 0) is 42.0 Å². The second-order valence-electron chi connectivity index (χ2n) is 6.90. The highest BCUT2D eigenvalue weighted by molar-refractivity contribution is 7.90. The average molecular weight is 494 g/mol. The third kappa shape index (κ3) is 5.41. The smallest absolute Gasteiger partial charge is 0.250 e. The number of carbonyl (C=O) groups excluding carboxylic acids is 1. The summed E-state index contributed by atoms with van der Waals surface area (Å²) < 4.78 is 50.5. The zero-order valence-electron chi connectivity index (χ0n) is 17.8. The normalized spacial score (nSPS) is 12.6. The summed E-state index contributed by atoms with van der Waals surface area (Å²) in [6.07, 6.45) is 4.02. The summed E-state index contributed by atoms with van der Waals surface area (Å²) in [6.45, 7) is 4.35. The van der Waals surface area contributed by atoms with Crippen LogP contribution in [0.15, 0.2) is 58.3 Å². The average Bonchev–Trinajstić information content (AvgIpc) is 3.14. The summed E-state index contributed by atoms with van der Waals surface area (Å²) in [4.78, 5) is 16.9. The Bertz CT molecular complexity index is 1370. The number of sulfone groups is 1. The Kier molecular flexibility index (Phi) is 7.13. The summed E-state index contributed by atoms with van der Waals surface area (Å²) in [5, 5.41) is 3.00. The largest absolute Gasteiger partial charge is 0.298 e.